The van der Waals surface area contributed by atoms with Gasteiger partial charge in [-0.05, 0) is 30.2 Å². The van der Waals surface area contributed by atoms with Gasteiger partial charge in [-0.15, -0.1) is 11.8 Å². The van der Waals surface area contributed by atoms with E-state index in [4.69, 9.17) is 0 Å². The quantitative estimate of drug-likeness (QED) is 0.573. The molecule has 22 heavy (non-hydrogen) atoms. The zero-order valence-corrected chi connectivity index (χ0v) is 14.3. The minimum atomic E-state index is -0.702. The Morgan fingerprint density at radius 2 is 1.86 bits per heavy atom. The maximum absolute atomic E-state index is 11.9. The monoisotopic (exact) mass is 324 g/mol. The smallest absolute Gasteiger partial charge is 0.313 e. The third-order valence-corrected chi connectivity index (χ3v) is 4.06. The van der Waals surface area contributed by atoms with Crippen molar-refractivity contribution in [3.63, 3.8) is 0 Å². The van der Waals surface area contributed by atoms with Crippen LogP contribution in [0.15, 0.2) is 29.2 Å². The molecule has 6 heteroatoms. The van der Waals surface area contributed by atoms with E-state index < -0.39 is 17.9 Å². The third kappa shape index (κ3) is 5.69. The molecule has 0 saturated heterocycles. The molecule has 122 valence electrons. The number of nitrogens with one attached hydrogen (secondary N) is 2. The van der Waals surface area contributed by atoms with Gasteiger partial charge in [0.25, 0.3) is 0 Å². The number of aliphatic hydroxyl groups is 1. The molecule has 1 atom stereocenters. The molecule has 3 N–H and O–H groups in total. The summed E-state index contributed by atoms with van der Waals surface area (Å²) in [7, 11) is 0. The van der Waals surface area contributed by atoms with Crippen LogP contribution in [-0.4, -0.2) is 35.8 Å². The minimum absolute atomic E-state index is 0.246. The van der Waals surface area contributed by atoms with E-state index in [2.05, 4.69) is 10.6 Å². The Hall–Kier alpha value is -1.53. The number of aliphatic hydroxyl groups excluding tert-OH is 1. The molecule has 0 bridgehead atoms. The van der Waals surface area contributed by atoms with E-state index in [1.54, 1.807) is 12.1 Å². The Kier molecular flexibility index (Phi) is 6.90. The van der Waals surface area contributed by atoms with Gasteiger partial charge in [-0.2, -0.15) is 0 Å². The first kappa shape index (κ1) is 18.5. The van der Waals surface area contributed by atoms with Crippen molar-refractivity contribution in [2.45, 2.75) is 38.2 Å². The van der Waals surface area contributed by atoms with Gasteiger partial charge in [-0.1, -0.05) is 32.9 Å². The van der Waals surface area contributed by atoms with Crippen molar-refractivity contribution >= 4 is 29.3 Å². The number of para-hydroxylation sites is 1. The van der Waals surface area contributed by atoms with Crippen molar-refractivity contribution in [2.24, 2.45) is 5.41 Å². The number of hydrogen-bond acceptors (Lipinski definition) is 4. The molecule has 0 unspecified atom stereocenters. The average Bonchev–Trinajstić information content (AvgIpc) is 2.46. The first-order valence-electron chi connectivity index (χ1n) is 7.16. The first-order valence-corrected chi connectivity index (χ1v) is 8.38. The number of hydrogen-bond donors (Lipinski definition) is 3. The summed E-state index contributed by atoms with van der Waals surface area (Å²) in [6.45, 7) is 6.03. The zero-order valence-electron chi connectivity index (χ0n) is 13.5. The van der Waals surface area contributed by atoms with E-state index in [0.29, 0.717) is 12.1 Å². The van der Waals surface area contributed by atoms with Crippen molar-refractivity contribution in [2.75, 3.05) is 18.1 Å². The van der Waals surface area contributed by atoms with Gasteiger partial charge >= 0.3 is 11.8 Å². The normalized spacial score (nSPS) is 12.6. The number of carbonyl (C=O) groups is 2. The number of benzene rings is 1. The molecule has 1 aromatic carbocycles. The number of anilines is 1. The second kappa shape index (κ2) is 8.19. The molecule has 0 aliphatic rings. The first-order chi connectivity index (χ1) is 10.3. The van der Waals surface area contributed by atoms with Crippen LogP contribution in [0.2, 0.25) is 0 Å². The lowest BCUT2D eigenvalue weighted by molar-refractivity contribution is -0.136. The fourth-order valence-corrected chi connectivity index (χ4v) is 2.32. The molecular weight excluding hydrogens is 300 g/mol. The molecule has 2 amide bonds. The molecule has 0 radical (unpaired) electrons. The van der Waals surface area contributed by atoms with Gasteiger partial charge in [0.1, 0.15) is 0 Å². The average molecular weight is 324 g/mol. The largest absolute Gasteiger partial charge is 0.393 e. The van der Waals surface area contributed by atoms with Crippen LogP contribution in [-0.2, 0) is 9.59 Å². The number of amides is 2. The zero-order chi connectivity index (χ0) is 16.8. The molecule has 0 fully saturated rings. The lowest BCUT2D eigenvalue weighted by Crippen LogP contribution is -2.38. The van der Waals surface area contributed by atoms with E-state index in [-0.39, 0.29) is 12.0 Å². The standard InChI is InChI=1S/C16H24N2O3S/c1-16(2,3)13(19)9-10-17-14(20)15(21)18-11-7-5-6-8-12(11)22-4/h5-8,13,19H,9-10H2,1-4H3,(H,17,20)(H,18,21)/t13-/m0/s1. The summed E-state index contributed by atoms with van der Waals surface area (Å²) in [6, 6.07) is 7.29. The molecule has 0 aromatic heterocycles. The lowest BCUT2D eigenvalue weighted by Gasteiger charge is -2.25. The van der Waals surface area contributed by atoms with Crippen molar-refractivity contribution in [3.8, 4) is 0 Å². The summed E-state index contributed by atoms with van der Waals surface area (Å²) in [5, 5.41) is 15.0. The lowest BCUT2D eigenvalue weighted by atomic mass is 9.87. The van der Waals surface area contributed by atoms with Crippen molar-refractivity contribution in [3.05, 3.63) is 24.3 Å². The molecule has 1 aromatic rings. The van der Waals surface area contributed by atoms with Gasteiger partial charge in [-0.3, -0.25) is 9.59 Å². The van der Waals surface area contributed by atoms with Crippen molar-refractivity contribution in [1.82, 2.24) is 5.32 Å². The van der Waals surface area contributed by atoms with Gasteiger partial charge in [0.2, 0.25) is 0 Å². The van der Waals surface area contributed by atoms with Crippen LogP contribution in [0.4, 0.5) is 5.69 Å². The Labute approximate surface area is 135 Å². The molecule has 5 nitrogen and oxygen atoms in total. The SMILES string of the molecule is CSc1ccccc1NC(=O)C(=O)NCC[C@H](O)C(C)(C)C. The van der Waals surface area contributed by atoms with Crippen molar-refractivity contribution < 1.29 is 14.7 Å². The molecule has 0 heterocycles. The molecule has 0 saturated carbocycles. The van der Waals surface area contributed by atoms with Gasteiger partial charge in [-0.25, -0.2) is 0 Å². The van der Waals surface area contributed by atoms with E-state index >= 15 is 0 Å². The van der Waals surface area contributed by atoms with Crippen LogP contribution in [0.5, 0.6) is 0 Å². The highest BCUT2D eigenvalue weighted by molar-refractivity contribution is 7.98. The third-order valence-electron chi connectivity index (χ3n) is 3.26. The van der Waals surface area contributed by atoms with Crippen molar-refractivity contribution in [1.29, 1.82) is 0 Å². The Morgan fingerprint density at radius 1 is 1.23 bits per heavy atom. The minimum Gasteiger partial charge on any atom is -0.393 e. The summed E-state index contributed by atoms with van der Waals surface area (Å²) in [6.07, 6.45) is 1.77. The summed E-state index contributed by atoms with van der Waals surface area (Å²) in [5.74, 6) is -1.40. The van der Waals surface area contributed by atoms with Crippen LogP contribution in [0.3, 0.4) is 0 Å². The van der Waals surface area contributed by atoms with Gasteiger partial charge in [0.15, 0.2) is 0 Å². The second-order valence-electron chi connectivity index (χ2n) is 6.08. The summed E-state index contributed by atoms with van der Waals surface area (Å²) in [4.78, 5) is 24.5. The predicted molar refractivity (Wildman–Crippen MR) is 89.9 cm³/mol. The van der Waals surface area contributed by atoms with Crippen LogP contribution in [0.1, 0.15) is 27.2 Å². The van der Waals surface area contributed by atoms with Crippen LogP contribution < -0.4 is 10.6 Å². The highest BCUT2D eigenvalue weighted by Gasteiger charge is 2.22. The molecule has 0 aliphatic carbocycles. The maximum atomic E-state index is 11.9. The highest BCUT2D eigenvalue weighted by atomic mass is 32.2. The van der Waals surface area contributed by atoms with E-state index in [0.717, 1.165) is 4.90 Å². The highest BCUT2D eigenvalue weighted by Crippen LogP contribution is 2.24. The second-order valence-corrected chi connectivity index (χ2v) is 6.93. The topological polar surface area (TPSA) is 78.4 Å². The van der Waals surface area contributed by atoms with Gasteiger partial charge in [0, 0.05) is 11.4 Å². The van der Waals surface area contributed by atoms with Gasteiger partial charge in [0.05, 0.1) is 11.8 Å². The molecule has 0 spiro atoms. The fraction of sp³-hybridized carbons (Fsp3) is 0.500. The number of thioether (sulfide) groups is 1. The Bertz CT molecular complexity index is 526. The predicted octanol–water partition coefficient (Wildman–Crippen LogP) is 2.26. The van der Waals surface area contributed by atoms with Gasteiger partial charge < -0.3 is 15.7 Å². The number of carbonyl (C=O) groups excluding carboxylic acids is 2. The van der Waals surface area contributed by atoms with E-state index in [1.165, 1.54) is 11.8 Å². The van der Waals surface area contributed by atoms with Crippen LogP contribution in [0.25, 0.3) is 0 Å². The maximum Gasteiger partial charge on any atom is 0.313 e. The van der Waals surface area contributed by atoms with Crippen LogP contribution in [0, 0.1) is 5.41 Å². The van der Waals surface area contributed by atoms with E-state index in [1.807, 2.05) is 39.2 Å². The van der Waals surface area contributed by atoms with E-state index in [9.17, 15) is 14.7 Å². The number of rotatable bonds is 5. The summed E-state index contributed by atoms with van der Waals surface area (Å²) >= 11 is 1.49. The Balaban J connectivity index is 2.48. The fourth-order valence-electron chi connectivity index (χ4n) is 1.76. The Morgan fingerprint density at radius 3 is 2.45 bits per heavy atom. The molecule has 0 aliphatic heterocycles. The van der Waals surface area contributed by atoms with Crippen LogP contribution >= 0.6 is 11.8 Å². The molecular formula is C16H24N2O3S. The molecule has 1 rings (SSSR count). The summed E-state index contributed by atoms with van der Waals surface area (Å²) in [5.41, 5.74) is 0.370. The summed E-state index contributed by atoms with van der Waals surface area (Å²) < 4.78 is 0.